The molecule has 0 spiro atoms. The van der Waals surface area contributed by atoms with Crippen LogP contribution in [0.2, 0.25) is 0 Å². The summed E-state index contributed by atoms with van der Waals surface area (Å²) in [5, 5.41) is 4.56. The highest BCUT2D eigenvalue weighted by Gasteiger charge is 2.21. The monoisotopic (exact) mass is 485 g/mol. The van der Waals surface area contributed by atoms with Gasteiger partial charge in [-0.15, -0.1) is 23.1 Å². The maximum Gasteiger partial charge on any atom is 0.259 e. The Morgan fingerprint density at radius 2 is 2.03 bits per heavy atom. The number of anilines is 1. The van der Waals surface area contributed by atoms with Crippen molar-refractivity contribution in [2.45, 2.75) is 67.3 Å². The summed E-state index contributed by atoms with van der Waals surface area (Å²) in [4.78, 5) is 36.1. The Bertz CT molecular complexity index is 1180. The van der Waals surface area contributed by atoms with E-state index < -0.39 is 0 Å². The molecule has 1 saturated carbocycles. The molecule has 5 nitrogen and oxygen atoms in total. The zero-order valence-corrected chi connectivity index (χ0v) is 20.4. The van der Waals surface area contributed by atoms with E-state index in [9.17, 15) is 9.59 Å². The number of benzene rings is 1. The first kappa shape index (κ1) is 22.0. The van der Waals surface area contributed by atoms with Crippen molar-refractivity contribution in [3.8, 4) is 0 Å². The van der Waals surface area contributed by atoms with Crippen molar-refractivity contribution in [1.82, 2.24) is 9.97 Å². The lowest BCUT2D eigenvalue weighted by molar-refractivity contribution is -0.115. The van der Waals surface area contributed by atoms with E-state index in [1.807, 2.05) is 30.0 Å². The van der Waals surface area contributed by atoms with Gasteiger partial charge >= 0.3 is 0 Å². The smallest absolute Gasteiger partial charge is 0.259 e. The summed E-state index contributed by atoms with van der Waals surface area (Å²) in [5.74, 6) is 2.02. The SMILES string of the molecule is O=C(CCSCc1nc2sc3c(c2c(=O)[nH]1)CCC3)Nc1ccccc1SC1CCCC1. The molecule has 0 unspecified atom stereocenters. The predicted molar refractivity (Wildman–Crippen MR) is 136 cm³/mol. The van der Waals surface area contributed by atoms with Gasteiger partial charge in [0.25, 0.3) is 5.56 Å². The molecule has 2 aliphatic carbocycles. The summed E-state index contributed by atoms with van der Waals surface area (Å²) in [5.41, 5.74) is 2.11. The number of aryl methyl sites for hydroxylation is 2. The molecule has 1 fully saturated rings. The molecule has 2 N–H and O–H groups in total. The molecule has 168 valence electrons. The molecular weight excluding hydrogens is 458 g/mol. The maximum absolute atomic E-state index is 12.6. The van der Waals surface area contributed by atoms with Gasteiger partial charge in [0.2, 0.25) is 5.91 Å². The summed E-state index contributed by atoms with van der Waals surface area (Å²) >= 11 is 5.19. The summed E-state index contributed by atoms with van der Waals surface area (Å²) < 4.78 is 0. The number of amides is 1. The molecule has 0 aliphatic heterocycles. The Kier molecular flexibility index (Phi) is 6.90. The van der Waals surface area contributed by atoms with Crippen molar-refractivity contribution in [3.05, 3.63) is 50.9 Å². The fourth-order valence-corrected chi connectivity index (χ4v) is 7.94. The minimum Gasteiger partial charge on any atom is -0.325 e. The van der Waals surface area contributed by atoms with Gasteiger partial charge in [-0.3, -0.25) is 9.59 Å². The van der Waals surface area contributed by atoms with Crippen LogP contribution in [0, 0.1) is 0 Å². The molecule has 2 aliphatic rings. The first-order valence-corrected chi connectivity index (χ1v) is 14.2. The second-order valence-corrected chi connectivity index (χ2v) is 12.0. The van der Waals surface area contributed by atoms with E-state index in [1.165, 1.54) is 41.0 Å². The van der Waals surface area contributed by atoms with E-state index in [2.05, 4.69) is 21.4 Å². The van der Waals surface area contributed by atoms with Crippen LogP contribution in [0.3, 0.4) is 0 Å². The normalized spacial score (nSPS) is 16.0. The second kappa shape index (κ2) is 10.0. The lowest BCUT2D eigenvalue weighted by Crippen LogP contribution is -2.14. The van der Waals surface area contributed by atoms with Gasteiger partial charge in [-0.2, -0.15) is 11.8 Å². The summed E-state index contributed by atoms with van der Waals surface area (Å²) in [6, 6.07) is 8.11. The fourth-order valence-electron chi connectivity index (χ4n) is 4.52. The van der Waals surface area contributed by atoms with Crippen LogP contribution < -0.4 is 10.9 Å². The highest BCUT2D eigenvalue weighted by Crippen LogP contribution is 2.38. The van der Waals surface area contributed by atoms with Crippen LogP contribution in [0.1, 0.15) is 54.8 Å². The lowest BCUT2D eigenvalue weighted by atomic mass is 10.2. The van der Waals surface area contributed by atoms with E-state index in [4.69, 9.17) is 0 Å². The van der Waals surface area contributed by atoms with E-state index in [0.717, 1.165) is 35.2 Å². The van der Waals surface area contributed by atoms with Crippen molar-refractivity contribution in [3.63, 3.8) is 0 Å². The zero-order valence-electron chi connectivity index (χ0n) is 17.9. The molecule has 1 amide bonds. The quantitative estimate of drug-likeness (QED) is 0.396. The van der Waals surface area contributed by atoms with Crippen LogP contribution in [-0.2, 0) is 23.4 Å². The Morgan fingerprint density at radius 3 is 2.91 bits per heavy atom. The van der Waals surface area contributed by atoms with Crippen molar-refractivity contribution < 1.29 is 4.79 Å². The summed E-state index contributed by atoms with van der Waals surface area (Å²) in [6.45, 7) is 0. The van der Waals surface area contributed by atoms with Gasteiger partial charge in [0.1, 0.15) is 10.7 Å². The third-order valence-electron chi connectivity index (χ3n) is 6.09. The maximum atomic E-state index is 12.6. The number of hydrogen-bond donors (Lipinski definition) is 2. The number of carbonyl (C=O) groups is 1. The molecule has 0 radical (unpaired) electrons. The van der Waals surface area contributed by atoms with Crippen LogP contribution in [-0.4, -0.2) is 26.9 Å². The van der Waals surface area contributed by atoms with Gasteiger partial charge in [-0.1, -0.05) is 25.0 Å². The molecule has 0 atom stereocenters. The molecule has 0 saturated heterocycles. The van der Waals surface area contributed by atoms with Gasteiger partial charge in [0.05, 0.1) is 16.8 Å². The summed E-state index contributed by atoms with van der Waals surface area (Å²) in [7, 11) is 0. The first-order chi connectivity index (χ1) is 15.7. The highest BCUT2D eigenvalue weighted by atomic mass is 32.2. The van der Waals surface area contributed by atoms with Crippen molar-refractivity contribution >= 4 is 56.7 Å². The number of nitrogens with one attached hydrogen (secondary N) is 2. The second-order valence-electron chi connectivity index (χ2n) is 8.42. The molecule has 0 bridgehead atoms. The van der Waals surface area contributed by atoms with Crippen LogP contribution in [0.25, 0.3) is 10.2 Å². The molecule has 1 aromatic carbocycles. The summed E-state index contributed by atoms with van der Waals surface area (Å²) in [6.07, 6.45) is 8.78. The van der Waals surface area contributed by atoms with Crippen molar-refractivity contribution in [1.29, 1.82) is 0 Å². The largest absolute Gasteiger partial charge is 0.325 e. The lowest BCUT2D eigenvalue weighted by Gasteiger charge is -2.14. The van der Waals surface area contributed by atoms with E-state index in [1.54, 1.807) is 23.1 Å². The van der Waals surface area contributed by atoms with Crippen LogP contribution in [0.4, 0.5) is 5.69 Å². The number of hydrogen-bond acceptors (Lipinski definition) is 6. The number of fused-ring (bicyclic) bond motifs is 3. The first-order valence-electron chi connectivity index (χ1n) is 11.3. The molecule has 5 rings (SSSR count). The minimum absolute atomic E-state index is 0.0147. The highest BCUT2D eigenvalue weighted by molar-refractivity contribution is 8.00. The van der Waals surface area contributed by atoms with Gasteiger partial charge in [-0.05, 0) is 49.8 Å². The molecular formula is C24H27N3O2S3. The number of nitrogens with zero attached hydrogens (tertiary/aromatic N) is 1. The Balaban J connectivity index is 1.13. The number of aromatic amines is 1. The number of thiophene rings is 1. The topological polar surface area (TPSA) is 74.8 Å². The molecule has 32 heavy (non-hydrogen) atoms. The van der Waals surface area contributed by atoms with Gasteiger partial charge < -0.3 is 10.3 Å². The van der Waals surface area contributed by atoms with E-state index in [0.29, 0.717) is 29.0 Å². The zero-order chi connectivity index (χ0) is 21.9. The number of H-pyrrole nitrogens is 1. The predicted octanol–water partition coefficient (Wildman–Crippen LogP) is 5.77. The average Bonchev–Trinajstić information content (AvgIpc) is 3.50. The van der Waals surface area contributed by atoms with Crippen molar-refractivity contribution in [2.75, 3.05) is 11.1 Å². The fraction of sp³-hybridized carbons (Fsp3) is 0.458. The average molecular weight is 486 g/mol. The number of rotatable bonds is 8. The minimum atomic E-state index is -0.0147. The van der Waals surface area contributed by atoms with Gasteiger partial charge in [0.15, 0.2) is 0 Å². The Hall–Kier alpha value is -1.77. The van der Waals surface area contributed by atoms with Gasteiger partial charge in [0, 0.05) is 27.2 Å². The molecule has 2 aromatic heterocycles. The molecule has 3 aromatic rings. The number of para-hydroxylation sites is 1. The standard InChI is InChI=1S/C24H27N3O2S3/c28-21(25-17-9-3-4-10-19(17)31-15-6-1-2-7-15)12-13-30-14-20-26-23(29)22-16-8-5-11-18(16)32-24(22)27-20/h3-4,9-10,15H,1-2,5-8,11-14H2,(H,25,28)(H,26,27,29). The van der Waals surface area contributed by atoms with Crippen LogP contribution in [0.15, 0.2) is 34.0 Å². The third kappa shape index (κ3) is 4.92. The van der Waals surface area contributed by atoms with E-state index >= 15 is 0 Å². The molecule has 2 heterocycles. The number of thioether (sulfide) groups is 2. The van der Waals surface area contributed by atoms with Crippen LogP contribution >= 0.6 is 34.9 Å². The van der Waals surface area contributed by atoms with E-state index in [-0.39, 0.29) is 11.5 Å². The number of carbonyl (C=O) groups excluding carboxylic acids is 1. The van der Waals surface area contributed by atoms with Gasteiger partial charge in [-0.25, -0.2) is 4.98 Å². The third-order valence-corrected chi connectivity index (χ3v) is 9.66. The molecule has 8 heteroatoms. The van der Waals surface area contributed by atoms with Crippen LogP contribution in [0.5, 0.6) is 0 Å². The Morgan fingerprint density at radius 1 is 1.19 bits per heavy atom. The number of aromatic nitrogens is 2. The van der Waals surface area contributed by atoms with Crippen molar-refractivity contribution in [2.24, 2.45) is 0 Å². The Labute approximate surface area is 200 Å².